The molecule has 0 bridgehead atoms. The largest absolute Gasteiger partial charge is 4.00 e. The van der Waals surface area contributed by atoms with E-state index in [2.05, 4.69) is 68.9 Å². The number of hydrogen-bond acceptors (Lipinski definition) is 4. The molecule has 0 saturated carbocycles. The minimum atomic E-state index is 0. The molecule has 6 aromatic rings. The summed E-state index contributed by atoms with van der Waals surface area (Å²) in [5, 5.41) is 20.1. The topological polar surface area (TPSA) is 61.4 Å². The van der Waals surface area contributed by atoms with Crippen LogP contribution in [0.25, 0.3) is 32.9 Å². The minimum Gasteiger partial charge on any atom is -1.00 e. The van der Waals surface area contributed by atoms with Crippen molar-refractivity contribution in [1.29, 1.82) is 0 Å². The number of benzene rings is 2. The van der Waals surface area contributed by atoms with Crippen LogP contribution < -0.4 is 24.8 Å². The second kappa shape index (κ2) is 11.1. The molecule has 0 atom stereocenters. The van der Waals surface area contributed by atoms with Gasteiger partial charge in [0.15, 0.2) is 0 Å². The van der Waals surface area contributed by atoms with Crippen molar-refractivity contribution in [3.8, 4) is 11.4 Å². The van der Waals surface area contributed by atoms with Crippen molar-refractivity contribution < 1.29 is 51.0 Å². The van der Waals surface area contributed by atoms with Crippen molar-refractivity contribution in [2.45, 2.75) is 0 Å². The molecule has 0 radical (unpaired) electrons. The third-order valence-corrected chi connectivity index (χ3v) is 4.64. The average molecular weight is 527 g/mol. The summed E-state index contributed by atoms with van der Waals surface area (Å²) in [6.07, 6.45) is 6.81. The Morgan fingerprint density at radius 2 is 0.903 bits per heavy atom. The van der Waals surface area contributed by atoms with E-state index in [0.717, 1.165) is 11.4 Å². The molecule has 4 aromatic carbocycles. The van der Waals surface area contributed by atoms with Crippen LogP contribution in [0.5, 0.6) is 0 Å². The Balaban J connectivity index is 0.000000201. The number of halogens is 2. The number of hydrogen-bond donors (Lipinski definition) is 0. The van der Waals surface area contributed by atoms with Gasteiger partial charge in [-0.05, 0) is 11.4 Å². The van der Waals surface area contributed by atoms with Gasteiger partial charge in [0.1, 0.15) is 25.3 Å². The summed E-state index contributed by atoms with van der Waals surface area (Å²) in [6, 6.07) is 25.1. The van der Waals surface area contributed by atoms with Gasteiger partial charge in [0.2, 0.25) is 0 Å². The number of aromatic nitrogens is 6. The van der Waals surface area contributed by atoms with Gasteiger partial charge in [-0.2, -0.15) is 0 Å². The average Bonchev–Trinajstić information content (AvgIpc) is 3.54. The molecule has 2 heterocycles. The van der Waals surface area contributed by atoms with E-state index >= 15 is 0 Å². The second-order valence-electron chi connectivity index (χ2n) is 6.42. The Kier molecular flexibility index (Phi) is 8.87. The molecule has 6 rings (SSSR count). The van der Waals surface area contributed by atoms with Gasteiger partial charge < -0.3 is 33.9 Å². The third kappa shape index (κ3) is 5.37. The van der Waals surface area contributed by atoms with Crippen LogP contribution >= 0.6 is 0 Å². The third-order valence-electron chi connectivity index (χ3n) is 4.64. The summed E-state index contributed by atoms with van der Waals surface area (Å²) in [5.41, 5.74) is 2.22. The maximum atomic E-state index is 3.78. The Morgan fingerprint density at radius 1 is 0.548 bits per heavy atom. The molecular formula is C22H16Cl2N6Zr. The van der Waals surface area contributed by atoms with E-state index in [4.69, 9.17) is 0 Å². The molecule has 0 unspecified atom stereocenters. The van der Waals surface area contributed by atoms with Gasteiger partial charge in [-0.15, -0.1) is 103 Å². The first-order valence-corrected chi connectivity index (χ1v) is 8.88. The predicted octanol–water partition coefficient (Wildman–Crippen LogP) is -1.72. The minimum absolute atomic E-state index is 0. The molecule has 6 nitrogen and oxygen atoms in total. The molecule has 152 valence electrons. The first-order chi connectivity index (χ1) is 13.9. The van der Waals surface area contributed by atoms with Crippen LogP contribution in [-0.4, -0.2) is 29.5 Å². The van der Waals surface area contributed by atoms with E-state index in [1.165, 1.54) is 21.5 Å². The summed E-state index contributed by atoms with van der Waals surface area (Å²) in [7, 11) is 0. The fourth-order valence-electron chi connectivity index (χ4n) is 3.23. The normalized spacial score (nSPS) is 9.81. The van der Waals surface area contributed by atoms with Crippen molar-refractivity contribution in [3.63, 3.8) is 0 Å². The monoisotopic (exact) mass is 524 g/mol. The smallest absolute Gasteiger partial charge is 1.00 e. The zero-order chi connectivity index (χ0) is 18.8. The SMILES string of the molecule is [Cl-].[Cl-].[Zr+4].c1ccc2[cH-]c(-n3cnnc3)cc2c1.c1ccc2[cH-]c(-n3cnnc3)cc2c1. The van der Waals surface area contributed by atoms with Crippen LogP contribution in [-0.2, 0) is 26.2 Å². The number of fused-ring (bicyclic) bond motifs is 2. The fraction of sp³-hybridized carbons (Fsp3) is 0. The van der Waals surface area contributed by atoms with Gasteiger partial charge in [0.05, 0.1) is 0 Å². The van der Waals surface area contributed by atoms with Crippen LogP contribution in [0.4, 0.5) is 0 Å². The summed E-state index contributed by atoms with van der Waals surface area (Å²) < 4.78 is 3.81. The van der Waals surface area contributed by atoms with Crippen molar-refractivity contribution in [1.82, 2.24) is 29.5 Å². The van der Waals surface area contributed by atoms with Gasteiger partial charge in [-0.25, -0.2) is 0 Å². The molecule has 0 aliphatic carbocycles. The Bertz CT molecular complexity index is 1150. The standard InChI is InChI=1S/2C11H8N3.2ClH.Zr/c2*1-2-4-10-6-11(5-9(10)3-1)14-7-12-13-8-14;;;/h2*1-8H;2*1H;/q2*-1;;;+4/p-2. The van der Waals surface area contributed by atoms with Crippen molar-refractivity contribution >= 4 is 21.5 Å². The zero-order valence-corrected chi connectivity index (χ0v) is 20.1. The van der Waals surface area contributed by atoms with Gasteiger partial charge in [-0.3, -0.25) is 0 Å². The molecule has 0 spiro atoms. The molecule has 9 heteroatoms. The maximum Gasteiger partial charge on any atom is 4.00 e. The van der Waals surface area contributed by atoms with Crippen LogP contribution in [0.2, 0.25) is 0 Å². The molecule has 0 aliphatic rings. The van der Waals surface area contributed by atoms with E-state index in [0.29, 0.717) is 0 Å². The Hall–Kier alpha value is -2.60. The van der Waals surface area contributed by atoms with Crippen LogP contribution in [0, 0.1) is 0 Å². The van der Waals surface area contributed by atoms with Gasteiger partial charge in [0, 0.05) is 0 Å². The van der Waals surface area contributed by atoms with Crippen LogP contribution in [0.1, 0.15) is 0 Å². The molecule has 0 fully saturated rings. The van der Waals surface area contributed by atoms with Gasteiger partial charge in [-0.1, -0.05) is 12.1 Å². The fourth-order valence-corrected chi connectivity index (χ4v) is 3.23. The quantitative estimate of drug-likeness (QED) is 0.252. The number of rotatable bonds is 2. The second-order valence-corrected chi connectivity index (χ2v) is 6.42. The predicted molar refractivity (Wildman–Crippen MR) is 109 cm³/mol. The molecule has 2 aromatic heterocycles. The summed E-state index contributed by atoms with van der Waals surface area (Å²) in [5.74, 6) is 0. The summed E-state index contributed by atoms with van der Waals surface area (Å²) in [6.45, 7) is 0. The molecule has 31 heavy (non-hydrogen) atoms. The van der Waals surface area contributed by atoms with Gasteiger partial charge in [0.25, 0.3) is 0 Å². The molecule has 0 saturated heterocycles. The summed E-state index contributed by atoms with van der Waals surface area (Å²) >= 11 is 0. The Morgan fingerprint density at radius 3 is 1.26 bits per heavy atom. The zero-order valence-electron chi connectivity index (χ0n) is 16.2. The van der Waals surface area contributed by atoms with Crippen molar-refractivity contribution in [3.05, 3.63) is 98.1 Å². The van der Waals surface area contributed by atoms with E-state index < -0.39 is 0 Å². The summed E-state index contributed by atoms with van der Waals surface area (Å²) in [4.78, 5) is 0. The van der Waals surface area contributed by atoms with Crippen molar-refractivity contribution in [2.24, 2.45) is 0 Å². The van der Waals surface area contributed by atoms with Crippen molar-refractivity contribution in [2.75, 3.05) is 0 Å². The molecule has 0 N–H and O–H groups in total. The molecule has 0 amide bonds. The van der Waals surface area contributed by atoms with E-state index in [1.54, 1.807) is 25.3 Å². The first kappa shape index (κ1) is 24.7. The molecule has 0 aliphatic heterocycles. The van der Waals surface area contributed by atoms with E-state index in [1.807, 2.05) is 33.4 Å². The van der Waals surface area contributed by atoms with Crippen LogP contribution in [0.3, 0.4) is 0 Å². The first-order valence-electron chi connectivity index (χ1n) is 8.88. The van der Waals surface area contributed by atoms with Gasteiger partial charge >= 0.3 is 26.2 Å². The van der Waals surface area contributed by atoms with Crippen LogP contribution in [0.15, 0.2) is 98.1 Å². The number of nitrogens with zero attached hydrogens (tertiary/aromatic N) is 6. The Labute approximate surface area is 210 Å². The maximum absolute atomic E-state index is 3.78. The van der Waals surface area contributed by atoms with E-state index in [-0.39, 0.29) is 51.0 Å². The van der Waals surface area contributed by atoms with E-state index in [9.17, 15) is 0 Å². The molecular weight excluding hydrogens is 510 g/mol.